The molecule has 0 unspecified atom stereocenters. The highest BCUT2D eigenvalue weighted by atomic mass is 16.2. The molecule has 108 valence electrons. The van der Waals surface area contributed by atoms with Crippen molar-refractivity contribution in [3.05, 3.63) is 46.5 Å². The summed E-state index contributed by atoms with van der Waals surface area (Å²) < 4.78 is 2.09. The topological polar surface area (TPSA) is 51.0 Å². The molecule has 2 aliphatic rings. The van der Waals surface area contributed by atoms with E-state index in [2.05, 4.69) is 26.9 Å². The number of benzene rings is 1. The fourth-order valence-electron chi connectivity index (χ4n) is 3.36. The molecule has 5 nitrogen and oxygen atoms in total. The molecule has 1 aliphatic carbocycles. The van der Waals surface area contributed by atoms with Gasteiger partial charge in [0.05, 0.1) is 6.54 Å². The van der Waals surface area contributed by atoms with Gasteiger partial charge < -0.3 is 9.47 Å². The molecule has 2 aromatic rings. The van der Waals surface area contributed by atoms with Crippen molar-refractivity contribution in [3.8, 4) is 0 Å². The van der Waals surface area contributed by atoms with Crippen molar-refractivity contribution in [1.29, 1.82) is 0 Å². The number of nitrogens with zero attached hydrogens (tertiary/aromatic N) is 4. The lowest BCUT2D eigenvalue weighted by Crippen LogP contribution is -2.38. The second-order valence-corrected chi connectivity index (χ2v) is 5.88. The van der Waals surface area contributed by atoms with E-state index in [9.17, 15) is 4.79 Å². The third-order valence-corrected chi connectivity index (χ3v) is 4.57. The number of amides is 1. The zero-order valence-corrected chi connectivity index (χ0v) is 12.2. The molecule has 5 heteroatoms. The van der Waals surface area contributed by atoms with E-state index < -0.39 is 0 Å². The SMILES string of the molecule is Cc1nnc2n1CCN(C(=O)c1ccc3c(c1)CCC3)C2. The van der Waals surface area contributed by atoms with Crippen LogP contribution in [0.15, 0.2) is 18.2 Å². The summed E-state index contributed by atoms with van der Waals surface area (Å²) in [5.41, 5.74) is 3.55. The van der Waals surface area contributed by atoms with Crippen molar-refractivity contribution in [1.82, 2.24) is 19.7 Å². The monoisotopic (exact) mass is 282 g/mol. The van der Waals surface area contributed by atoms with Gasteiger partial charge in [-0.15, -0.1) is 10.2 Å². The van der Waals surface area contributed by atoms with Crippen LogP contribution in [0, 0.1) is 6.92 Å². The molecule has 0 spiro atoms. The zero-order chi connectivity index (χ0) is 14.4. The van der Waals surface area contributed by atoms with Crippen molar-refractivity contribution >= 4 is 5.91 Å². The van der Waals surface area contributed by atoms with Crippen LogP contribution in [0.3, 0.4) is 0 Å². The maximum Gasteiger partial charge on any atom is 0.254 e. The van der Waals surface area contributed by atoms with Gasteiger partial charge >= 0.3 is 0 Å². The number of hydrogen-bond donors (Lipinski definition) is 0. The fraction of sp³-hybridized carbons (Fsp3) is 0.438. The first-order valence-electron chi connectivity index (χ1n) is 7.52. The Morgan fingerprint density at radius 1 is 1.14 bits per heavy atom. The van der Waals surface area contributed by atoms with E-state index >= 15 is 0 Å². The van der Waals surface area contributed by atoms with Gasteiger partial charge in [-0.05, 0) is 49.4 Å². The molecule has 1 aliphatic heterocycles. The van der Waals surface area contributed by atoms with E-state index in [0.29, 0.717) is 6.54 Å². The van der Waals surface area contributed by atoms with Crippen molar-refractivity contribution in [3.63, 3.8) is 0 Å². The standard InChI is InChI=1S/C16H18N4O/c1-11-17-18-15-10-19(7-8-20(11)15)16(21)14-6-5-12-3-2-4-13(12)9-14/h5-6,9H,2-4,7-8,10H2,1H3. The normalized spacial score (nSPS) is 16.7. The lowest BCUT2D eigenvalue weighted by Gasteiger charge is -2.27. The average molecular weight is 282 g/mol. The number of carbonyl (C=O) groups excluding carboxylic acids is 1. The zero-order valence-electron chi connectivity index (χ0n) is 12.2. The quantitative estimate of drug-likeness (QED) is 0.800. The number of fused-ring (bicyclic) bond motifs is 2. The Morgan fingerprint density at radius 3 is 2.90 bits per heavy atom. The Hall–Kier alpha value is -2.17. The average Bonchev–Trinajstić information content (AvgIpc) is 3.12. The largest absolute Gasteiger partial charge is 0.329 e. The second-order valence-electron chi connectivity index (χ2n) is 5.88. The predicted octanol–water partition coefficient (Wildman–Crippen LogP) is 1.73. The van der Waals surface area contributed by atoms with Gasteiger partial charge in [0.2, 0.25) is 0 Å². The molecule has 0 saturated heterocycles. The first-order valence-corrected chi connectivity index (χ1v) is 7.52. The minimum absolute atomic E-state index is 0.108. The number of hydrogen-bond acceptors (Lipinski definition) is 3. The van der Waals surface area contributed by atoms with Crippen molar-refractivity contribution in [2.24, 2.45) is 0 Å². The van der Waals surface area contributed by atoms with Crippen LogP contribution in [0.25, 0.3) is 0 Å². The Morgan fingerprint density at radius 2 is 2.00 bits per heavy atom. The molecule has 21 heavy (non-hydrogen) atoms. The smallest absolute Gasteiger partial charge is 0.254 e. The van der Waals surface area contributed by atoms with Crippen molar-refractivity contribution in [2.45, 2.75) is 39.3 Å². The lowest BCUT2D eigenvalue weighted by atomic mass is 10.1. The van der Waals surface area contributed by atoms with Crippen LogP contribution in [-0.4, -0.2) is 32.1 Å². The first kappa shape index (κ1) is 12.6. The van der Waals surface area contributed by atoms with E-state index in [1.165, 1.54) is 17.5 Å². The summed E-state index contributed by atoms with van der Waals surface area (Å²) in [5.74, 6) is 1.92. The molecule has 2 heterocycles. The molecule has 1 aromatic heterocycles. The molecule has 1 amide bonds. The lowest BCUT2D eigenvalue weighted by molar-refractivity contribution is 0.0706. The second kappa shape index (κ2) is 4.69. The molecule has 0 fully saturated rings. The first-order chi connectivity index (χ1) is 10.2. The Labute approximate surface area is 123 Å². The highest BCUT2D eigenvalue weighted by Crippen LogP contribution is 2.24. The molecular formula is C16H18N4O. The third-order valence-electron chi connectivity index (χ3n) is 4.57. The van der Waals surface area contributed by atoms with Crippen LogP contribution in [0.2, 0.25) is 0 Å². The highest BCUT2D eigenvalue weighted by molar-refractivity contribution is 5.94. The predicted molar refractivity (Wildman–Crippen MR) is 78.0 cm³/mol. The third kappa shape index (κ3) is 2.04. The summed E-state index contributed by atoms with van der Waals surface area (Å²) in [6, 6.07) is 6.17. The minimum atomic E-state index is 0.108. The van der Waals surface area contributed by atoms with Crippen LogP contribution in [0.5, 0.6) is 0 Å². The van der Waals surface area contributed by atoms with Crippen LogP contribution >= 0.6 is 0 Å². The number of aromatic nitrogens is 3. The summed E-state index contributed by atoms with van der Waals surface area (Å²) >= 11 is 0. The molecule has 0 saturated carbocycles. The van der Waals surface area contributed by atoms with E-state index in [-0.39, 0.29) is 5.91 Å². The number of rotatable bonds is 1. The van der Waals surface area contributed by atoms with Crippen LogP contribution < -0.4 is 0 Å². The maximum absolute atomic E-state index is 12.7. The van der Waals surface area contributed by atoms with E-state index in [1.54, 1.807) is 0 Å². The maximum atomic E-state index is 12.7. The number of aryl methyl sites for hydroxylation is 3. The highest BCUT2D eigenvalue weighted by Gasteiger charge is 2.25. The van der Waals surface area contributed by atoms with Gasteiger partial charge in [-0.2, -0.15) is 0 Å². The van der Waals surface area contributed by atoms with Crippen molar-refractivity contribution < 1.29 is 4.79 Å². The molecule has 0 atom stereocenters. The van der Waals surface area contributed by atoms with Crippen LogP contribution in [0.1, 0.15) is 39.6 Å². The summed E-state index contributed by atoms with van der Waals surface area (Å²) in [5, 5.41) is 8.25. The summed E-state index contributed by atoms with van der Waals surface area (Å²) in [7, 11) is 0. The van der Waals surface area contributed by atoms with Gasteiger partial charge in [-0.1, -0.05) is 6.07 Å². The van der Waals surface area contributed by atoms with Gasteiger partial charge in [0, 0.05) is 18.7 Å². The summed E-state index contributed by atoms with van der Waals surface area (Å²) in [4.78, 5) is 14.6. The Kier molecular flexibility index (Phi) is 2.80. The fourth-order valence-corrected chi connectivity index (χ4v) is 3.36. The van der Waals surface area contributed by atoms with E-state index in [4.69, 9.17) is 0 Å². The minimum Gasteiger partial charge on any atom is -0.329 e. The number of carbonyl (C=O) groups is 1. The van der Waals surface area contributed by atoms with Gasteiger partial charge in [-0.25, -0.2) is 0 Å². The van der Waals surface area contributed by atoms with Crippen LogP contribution in [-0.2, 0) is 25.9 Å². The molecule has 1 aromatic carbocycles. The van der Waals surface area contributed by atoms with Gasteiger partial charge in [0.1, 0.15) is 5.82 Å². The molecule has 0 radical (unpaired) electrons. The molecular weight excluding hydrogens is 264 g/mol. The van der Waals surface area contributed by atoms with Gasteiger partial charge in [0.25, 0.3) is 5.91 Å². The summed E-state index contributed by atoms with van der Waals surface area (Å²) in [6.07, 6.45) is 3.46. The molecule has 4 rings (SSSR count). The summed E-state index contributed by atoms with van der Waals surface area (Å²) in [6.45, 7) is 4.01. The molecule has 0 N–H and O–H groups in total. The van der Waals surface area contributed by atoms with Gasteiger partial charge in [-0.3, -0.25) is 4.79 Å². The van der Waals surface area contributed by atoms with Crippen LogP contribution in [0.4, 0.5) is 0 Å². The molecule has 0 bridgehead atoms. The Balaban J connectivity index is 1.58. The van der Waals surface area contributed by atoms with E-state index in [0.717, 1.165) is 43.1 Å². The van der Waals surface area contributed by atoms with Gasteiger partial charge in [0.15, 0.2) is 5.82 Å². The van der Waals surface area contributed by atoms with Crippen molar-refractivity contribution in [2.75, 3.05) is 6.54 Å². The van der Waals surface area contributed by atoms with E-state index in [1.807, 2.05) is 17.9 Å². The Bertz CT molecular complexity index is 719.